The van der Waals surface area contributed by atoms with Crippen molar-refractivity contribution in [2.45, 2.75) is 58.5 Å². The highest BCUT2D eigenvalue weighted by Gasteiger charge is 2.12. The van der Waals surface area contributed by atoms with Crippen LogP contribution in [0.5, 0.6) is 0 Å². The standard InChI is InChI=1S/C13H21N3/c1-10-8-12(11(2)16-15-10)9-14-13-6-4-3-5-7-13/h8,13-14H,3-7,9H2,1-2H3. The van der Waals surface area contributed by atoms with E-state index in [-0.39, 0.29) is 0 Å². The van der Waals surface area contributed by atoms with E-state index in [1.807, 2.05) is 13.8 Å². The third-order valence-corrected chi connectivity index (χ3v) is 3.39. The van der Waals surface area contributed by atoms with Gasteiger partial charge in [-0.05, 0) is 38.3 Å². The van der Waals surface area contributed by atoms with Gasteiger partial charge in [-0.2, -0.15) is 10.2 Å². The molecule has 1 heterocycles. The van der Waals surface area contributed by atoms with Crippen LogP contribution in [-0.2, 0) is 6.54 Å². The fraction of sp³-hybridized carbons (Fsp3) is 0.692. The molecule has 2 rings (SSSR count). The molecule has 0 amide bonds. The monoisotopic (exact) mass is 219 g/mol. The number of nitrogens with zero attached hydrogens (tertiary/aromatic N) is 2. The molecule has 0 radical (unpaired) electrons. The largest absolute Gasteiger partial charge is 0.310 e. The summed E-state index contributed by atoms with van der Waals surface area (Å²) in [5, 5.41) is 11.8. The Morgan fingerprint density at radius 2 is 1.94 bits per heavy atom. The average molecular weight is 219 g/mol. The minimum atomic E-state index is 0.710. The molecule has 0 aliphatic heterocycles. The molecule has 1 aliphatic rings. The highest BCUT2D eigenvalue weighted by atomic mass is 15.1. The van der Waals surface area contributed by atoms with Gasteiger partial charge < -0.3 is 5.32 Å². The van der Waals surface area contributed by atoms with Crippen molar-refractivity contribution in [2.75, 3.05) is 0 Å². The molecular formula is C13H21N3. The number of hydrogen-bond acceptors (Lipinski definition) is 3. The van der Waals surface area contributed by atoms with Gasteiger partial charge in [0.2, 0.25) is 0 Å². The Kier molecular flexibility index (Phi) is 3.88. The van der Waals surface area contributed by atoms with Crippen LogP contribution in [0.3, 0.4) is 0 Å². The maximum atomic E-state index is 4.15. The number of rotatable bonds is 3. The van der Waals surface area contributed by atoms with Crippen LogP contribution in [0.4, 0.5) is 0 Å². The predicted molar refractivity (Wildman–Crippen MR) is 65.2 cm³/mol. The Bertz CT molecular complexity index is 343. The van der Waals surface area contributed by atoms with E-state index in [1.54, 1.807) is 0 Å². The van der Waals surface area contributed by atoms with Crippen molar-refractivity contribution in [3.8, 4) is 0 Å². The van der Waals surface area contributed by atoms with Gasteiger partial charge in [-0.15, -0.1) is 0 Å². The lowest BCUT2D eigenvalue weighted by Crippen LogP contribution is -2.30. The Hall–Kier alpha value is -0.960. The summed E-state index contributed by atoms with van der Waals surface area (Å²) in [7, 11) is 0. The Morgan fingerprint density at radius 1 is 1.19 bits per heavy atom. The van der Waals surface area contributed by atoms with Gasteiger partial charge in [0, 0.05) is 12.6 Å². The zero-order valence-electron chi connectivity index (χ0n) is 10.3. The fourth-order valence-electron chi connectivity index (χ4n) is 2.34. The molecule has 1 saturated carbocycles. The molecule has 0 saturated heterocycles. The lowest BCUT2D eigenvalue weighted by atomic mass is 9.95. The molecule has 0 spiro atoms. The second kappa shape index (κ2) is 5.39. The SMILES string of the molecule is Cc1cc(CNC2CCCCC2)c(C)nn1. The molecule has 1 aliphatic carbocycles. The van der Waals surface area contributed by atoms with Crippen LogP contribution in [-0.4, -0.2) is 16.2 Å². The van der Waals surface area contributed by atoms with Gasteiger partial charge in [0.1, 0.15) is 0 Å². The van der Waals surface area contributed by atoms with Crippen LogP contribution in [0, 0.1) is 13.8 Å². The van der Waals surface area contributed by atoms with Crippen molar-refractivity contribution in [1.82, 2.24) is 15.5 Å². The number of aromatic nitrogens is 2. The summed E-state index contributed by atoms with van der Waals surface area (Å²) >= 11 is 0. The summed E-state index contributed by atoms with van der Waals surface area (Å²) < 4.78 is 0. The first-order chi connectivity index (χ1) is 7.75. The molecule has 16 heavy (non-hydrogen) atoms. The maximum absolute atomic E-state index is 4.15. The van der Waals surface area contributed by atoms with Crippen LogP contribution in [0.1, 0.15) is 49.1 Å². The zero-order chi connectivity index (χ0) is 11.4. The number of aryl methyl sites for hydroxylation is 2. The van der Waals surface area contributed by atoms with Gasteiger partial charge in [-0.25, -0.2) is 0 Å². The highest BCUT2D eigenvalue weighted by Crippen LogP contribution is 2.18. The van der Waals surface area contributed by atoms with E-state index in [9.17, 15) is 0 Å². The van der Waals surface area contributed by atoms with Crippen LogP contribution < -0.4 is 5.32 Å². The van der Waals surface area contributed by atoms with E-state index in [0.717, 1.165) is 17.9 Å². The molecule has 1 fully saturated rings. The van der Waals surface area contributed by atoms with Crippen molar-refractivity contribution in [3.05, 3.63) is 23.0 Å². The summed E-state index contributed by atoms with van der Waals surface area (Å²) in [6.07, 6.45) is 6.83. The summed E-state index contributed by atoms with van der Waals surface area (Å²) in [6, 6.07) is 2.85. The van der Waals surface area contributed by atoms with E-state index in [2.05, 4.69) is 21.6 Å². The van der Waals surface area contributed by atoms with Gasteiger partial charge in [0.05, 0.1) is 11.4 Å². The quantitative estimate of drug-likeness (QED) is 0.849. The molecule has 0 unspecified atom stereocenters. The Labute approximate surface area is 97.7 Å². The summed E-state index contributed by atoms with van der Waals surface area (Å²) in [4.78, 5) is 0. The molecule has 0 atom stereocenters. The highest BCUT2D eigenvalue weighted by molar-refractivity contribution is 5.19. The zero-order valence-corrected chi connectivity index (χ0v) is 10.3. The van der Waals surface area contributed by atoms with Crippen LogP contribution in [0.2, 0.25) is 0 Å². The van der Waals surface area contributed by atoms with Gasteiger partial charge in [-0.1, -0.05) is 19.3 Å². The molecule has 3 nitrogen and oxygen atoms in total. The van der Waals surface area contributed by atoms with Gasteiger partial charge >= 0.3 is 0 Å². The minimum absolute atomic E-state index is 0.710. The van der Waals surface area contributed by atoms with Crippen LogP contribution in [0.25, 0.3) is 0 Å². The molecule has 1 aromatic rings. The topological polar surface area (TPSA) is 37.8 Å². The lowest BCUT2D eigenvalue weighted by Gasteiger charge is -2.23. The Balaban J connectivity index is 1.90. The first kappa shape index (κ1) is 11.5. The normalized spacial score (nSPS) is 17.6. The third kappa shape index (κ3) is 3.01. The lowest BCUT2D eigenvalue weighted by molar-refractivity contribution is 0.372. The maximum Gasteiger partial charge on any atom is 0.0645 e. The van der Waals surface area contributed by atoms with E-state index in [4.69, 9.17) is 0 Å². The molecule has 1 N–H and O–H groups in total. The minimum Gasteiger partial charge on any atom is -0.310 e. The van der Waals surface area contributed by atoms with E-state index < -0.39 is 0 Å². The van der Waals surface area contributed by atoms with E-state index in [0.29, 0.717) is 6.04 Å². The fourth-order valence-corrected chi connectivity index (χ4v) is 2.34. The van der Waals surface area contributed by atoms with Crippen molar-refractivity contribution in [2.24, 2.45) is 0 Å². The third-order valence-electron chi connectivity index (χ3n) is 3.39. The van der Waals surface area contributed by atoms with Gasteiger partial charge in [0.15, 0.2) is 0 Å². The Morgan fingerprint density at radius 3 is 2.69 bits per heavy atom. The van der Waals surface area contributed by atoms with Crippen molar-refractivity contribution in [1.29, 1.82) is 0 Å². The van der Waals surface area contributed by atoms with Crippen molar-refractivity contribution < 1.29 is 0 Å². The van der Waals surface area contributed by atoms with Gasteiger partial charge in [-0.3, -0.25) is 0 Å². The van der Waals surface area contributed by atoms with Crippen LogP contribution >= 0.6 is 0 Å². The summed E-state index contributed by atoms with van der Waals surface area (Å²) in [5.41, 5.74) is 3.35. The molecule has 88 valence electrons. The predicted octanol–water partition coefficient (Wildman–Crippen LogP) is 2.52. The molecule has 0 bridgehead atoms. The van der Waals surface area contributed by atoms with Gasteiger partial charge in [0.25, 0.3) is 0 Å². The number of nitrogens with one attached hydrogen (secondary N) is 1. The summed E-state index contributed by atoms with van der Waals surface area (Å²) in [6.45, 7) is 4.97. The van der Waals surface area contributed by atoms with E-state index in [1.165, 1.54) is 37.7 Å². The average Bonchev–Trinajstić information content (AvgIpc) is 2.32. The smallest absolute Gasteiger partial charge is 0.0645 e. The van der Waals surface area contributed by atoms with Crippen molar-refractivity contribution >= 4 is 0 Å². The second-order valence-corrected chi connectivity index (χ2v) is 4.81. The molecule has 0 aromatic carbocycles. The number of hydrogen-bond donors (Lipinski definition) is 1. The first-order valence-corrected chi connectivity index (χ1v) is 6.29. The molecule has 1 aromatic heterocycles. The molecular weight excluding hydrogens is 198 g/mol. The van der Waals surface area contributed by atoms with Crippen LogP contribution in [0.15, 0.2) is 6.07 Å². The first-order valence-electron chi connectivity index (χ1n) is 6.29. The summed E-state index contributed by atoms with van der Waals surface area (Å²) in [5.74, 6) is 0. The molecule has 3 heteroatoms. The second-order valence-electron chi connectivity index (χ2n) is 4.81. The van der Waals surface area contributed by atoms with Crippen molar-refractivity contribution in [3.63, 3.8) is 0 Å². The van der Waals surface area contributed by atoms with E-state index >= 15 is 0 Å².